The first kappa shape index (κ1) is 12.4. The van der Waals surface area contributed by atoms with Gasteiger partial charge in [0.15, 0.2) is 0 Å². The average Bonchev–Trinajstić information content (AvgIpc) is 1.81. The normalized spacial score (nSPS) is 14.5. The van der Waals surface area contributed by atoms with Gasteiger partial charge in [-0.25, -0.2) is 13.1 Å². The van der Waals surface area contributed by atoms with Gasteiger partial charge in [0.25, 0.3) is 0 Å². The van der Waals surface area contributed by atoms with E-state index in [1.165, 1.54) is 0 Å². The van der Waals surface area contributed by atoms with Crippen LogP contribution in [0.2, 0.25) is 0 Å². The molecule has 0 heterocycles. The fourth-order valence-electron chi connectivity index (χ4n) is 0.929. The molecular formula is C7H15NO4S. The van der Waals surface area contributed by atoms with Crippen LogP contribution in [0.15, 0.2) is 0 Å². The van der Waals surface area contributed by atoms with Gasteiger partial charge in [0.1, 0.15) is 6.04 Å². The molecule has 0 aliphatic rings. The van der Waals surface area contributed by atoms with Crippen LogP contribution in [0.1, 0.15) is 20.3 Å². The Balaban J connectivity index is 4.37. The molecule has 13 heavy (non-hydrogen) atoms. The molecule has 0 spiro atoms. The second kappa shape index (κ2) is 4.57. The molecule has 0 amide bonds. The number of aliphatic carboxylic acids is 1. The largest absolute Gasteiger partial charge is 0.480 e. The van der Waals surface area contributed by atoms with Gasteiger partial charge >= 0.3 is 5.97 Å². The van der Waals surface area contributed by atoms with Crippen LogP contribution in [0, 0.1) is 5.92 Å². The summed E-state index contributed by atoms with van der Waals surface area (Å²) in [6.45, 7) is 3.67. The van der Waals surface area contributed by atoms with Crippen molar-refractivity contribution in [2.75, 3.05) is 6.26 Å². The Hall–Kier alpha value is -0.620. The lowest BCUT2D eigenvalue weighted by atomic mass is 10.1. The van der Waals surface area contributed by atoms with Crippen LogP contribution >= 0.6 is 0 Å². The average molecular weight is 209 g/mol. The Kier molecular flexibility index (Phi) is 4.35. The van der Waals surface area contributed by atoms with Crippen LogP contribution < -0.4 is 4.72 Å². The van der Waals surface area contributed by atoms with Crippen molar-refractivity contribution < 1.29 is 18.3 Å². The van der Waals surface area contributed by atoms with E-state index in [4.69, 9.17) is 5.11 Å². The van der Waals surface area contributed by atoms with Gasteiger partial charge in [-0.3, -0.25) is 4.79 Å². The predicted octanol–water partition coefficient (Wildman–Crippen LogP) is 0.0349. The van der Waals surface area contributed by atoms with E-state index in [0.29, 0.717) is 6.42 Å². The van der Waals surface area contributed by atoms with Crippen molar-refractivity contribution >= 4 is 16.0 Å². The third kappa shape index (κ3) is 6.53. The first-order chi connectivity index (χ1) is 5.72. The van der Waals surface area contributed by atoms with Gasteiger partial charge in [-0.15, -0.1) is 0 Å². The minimum Gasteiger partial charge on any atom is -0.480 e. The zero-order chi connectivity index (χ0) is 10.6. The van der Waals surface area contributed by atoms with Gasteiger partial charge in [-0.2, -0.15) is 0 Å². The topological polar surface area (TPSA) is 83.5 Å². The van der Waals surface area contributed by atoms with E-state index in [2.05, 4.69) is 4.72 Å². The van der Waals surface area contributed by atoms with Crippen LogP contribution in [-0.4, -0.2) is 31.8 Å². The molecule has 5 nitrogen and oxygen atoms in total. The second-order valence-corrected chi connectivity index (χ2v) is 5.19. The number of sulfonamides is 1. The number of rotatable bonds is 5. The second-order valence-electron chi connectivity index (χ2n) is 3.41. The number of nitrogens with one attached hydrogen (secondary N) is 1. The van der Waals surface area contributed by atoms with E-state index in [1.54, 1.807) is 0 Å². The number of carboxylic acid groups (broad SMARTS) is 1. The summed E-state index contributed by atoms with van der Waals surface area (Å²) in [6, 6.07) is -1.02. The monoisotopic (exact) mass is 209 g/mol. The summed E-state index contributed by atoms with van der Waals surface area (Å²) < 4.78 is 23.6. The summed E-state index contributed by atoms with van der Waals surface area (Å²) in [5.41, 5.74) is 0. The van der Waals surface area contributed by atoms with E-state index in [1.807, 2.05) is 13.8 Å². The summed E-state index contributed by atoms with van der Waals surface area (Å²) in [5.74, 6) is -1.01. The summed E-state index contributed by atoms with van der Waals surface area (Å²) in [6.07, 6.45) is 1.24. The molecular weight excluding hydrogens is 194 g/mol. The minimum atomic E-state index is -3.44. The Bertz CT molecular complexity index is 270. The molecule has 0 saturated heterocycles. The Morgan fingerprint density at radius 3 is 2.15 bits per heavy atom. The summed E-state index contributed by atoms with van der Waals surface area (Å²) in [5, 5.41) is 8.66. The first-order valence-corrected chi connectivity index (χ1v) is 5.81. The van der Waals surface area contributed by atoms with Gasteiger partial charge in [0, 0.05) is 0 Å². The van der Waals surface area contributed by atoms with Crippen molar-refractivity contribution in [3.05, 3.63) is 0 Å². The minimum absolute atomic E-state index is 0.135. The van der Waals surface area contributed by atoms with Gasteiger partial charge < -0.3 is 5.11 Å². The molecule has 0 saturated carbocycles. The van der Waals surface area contributed by atoms with Crippen LogP contribution in [0.3, 0.4) is 0 Å². The highest BCUT2D eigenvalue weighted by Gasteiger charge is 2.21. The molecule has 0 radical (unpaired) electrons. The maximum absolute atomic E-state index is 10.8. The highest BCUT2D eigenvalue weighted by molar-refractivity contribution is 7.88. The number of hydrogen-bond donors (Lipinski definition) is 2. The van der Waals surface area contributed by atoms with Crippen molar-refractivity contribution in [1.82, 2.24) is 4.72 Å². The number of hydrogen-bond acceptors (Lipinski definition) is 3. The lowest BCUT2D eigenvalue weighted by Crippen LogP contribution is -2.40. The lowest BCUT2D eigenvalue weighted by molar-refractivity contribution is -0.139. The Morgan fingerprint density at radius 1 is 1.46 bits per heavy atom. The van der Waals surface area contributed by atoms with Gasteiger partial charge in [-0.05, 0) is 12.3 Å². The molecule has 0 fully saturated rings. The van der Waals surface area contributed by atoms with Gasteiger partial charge in [0.2, 0.25) is 10.0 Å². The SMILES string of the molecule is CC(C)C[C@H](NS(C)(=O)=O)C(=O)O. The maximum Gasteiger partial charge on any atom is 0.321 e. The van der Waals surface area contributed by atoms with Gasteiger partial charge in [0.05, 0.1) is 6.26 Å². The van der Waals surface area contributed by atoms with Gasteiger partial charge in [-0.1, -0.05) is 13.8 Å². The summed E-state index contributed by atoms with van der Waals surface area (Å²) in [4.78, 5) is 10.6. The van der Waals surface area contributed by atoms with Crippen molar-refractivity contribution in [3.8, 4) is 0 Å². The van der Waals surface area contributed by atoms with Crippen molar-refractivity contribution in [1.29, 1.82) is 0 Å². The Morgan fingerprint density at radius 2 is 1.92 bits per heavy atom. The van der Waals surface area contributed by atoms with Crippen LogP contribution in [-0.2, 0) is 14.8 Å². The quantitative estimate of drug-likeness (QED) is 0.669. The van der Waals surface area contributed by atoms with Crippen molar-refractivity contribution in [2.24, 2.45) is 5.92 Å². The highest BCUT2D eigenvalue weighted by atomic mass is 32.2. The van der Waals surface area contributed by atoms with Crippen LogP contribution in [0.25, 0.3) is 0 Å². The van der Waals surface area contributed by atoms with E-state index in [0.717, 1.165) is 6.26 Å². The molecule has 0 aromatic heterocycles. The summed E-state index contributed by atoms with van der Waals surface area (Å²) in [7, 11) is -3.44. The molecule has 0 bridgehead atoms. The molecule has 0 aliphatic heterocycles. The van der Waals surface area contributed by atoms with E-state index < -0.39 is 22.0 Å². The van der Waals surface area contributed by atoms with Crippen molar-refractivity contribution in [2.45, 2.75) is 26.3 Å². The van der Waals surface area contributed by atoms with E-state index in [9.17, 15) is 13.2 Å². The third-order valence-corrected chi connectivity index (χ3v) is 2.07. The van der Waals surface area contributed by atoms with E-state index in [-0.39, 0.29) is 5.92 Å². The third-order valence-electron chi connectivity index (χ3n) is 1.36. The van der Waals surface area contributed by atoms with E-state index >= 15 is 0 Å². The molecule has 6 heteroatoms. The summed E-state index contributed by atoms with van der Waals surface area (Å²) >= 11 is 0. The molecule has 2 N–H and O–H groups in total. The smallest absolute Gasteiger partial charge is 0.321 e. The van der Waals surface area contributed by atoms with Crippen molar-refractivity contribution in [3.63, 3.8) is 0 Å². The molecule has 0 rings (SSSR count). The molecule has 78 valence electrons. The first-order valence-electron chi connectivity index (χ1n) is 3.92. The molecule has 0 aromatic rings. The molecule has 1 atom stereocenters. The standard InChI is InChI=1S/C7H15NO4S/c1-5(2)4-6(7(9)10)8-13(3,11)12/h5-6,8H,4H2,1-3H3,(H,9,10)/t6-/m0/s1. The van der Waals surface area contributed by atoms with Crippen LogP contribution in [0.4, 0.5) is 0 Å². The predicted molar refractivity (Wildman–Crippen MR) is 48.9 cm³/mol. The maximum atomic E-state index is 10.8. The molecule has 0 aromatic carbocycles. The highest BCUT2D eigenvalue weighted by Crippen LogP contribution is 2.05. The van der Waals surface area contributed by atoms with Crippen LogP contribution in [0.5, 0.6) is 0 Å². The lowest BCUT2D eigenvalue weighted by Gasteiger charge is -2.14. The zero-order valence-electron chi connectivity index (χ0n) is 7.94. The zero-order valence-corrected chi connectivity index (χ0v) is 8.76. The number of carboxylic acids is 1. The fourth-order valence-corrected chi connectivity index (χ4v) is 1.64. The number of carbonyl (C=O) groups is 1. The fraction of sp³-hybridized carbons (Fsp3) is 0.857. The molecule has 0 aliphatic carbocycles. The molecule has 0 unspecified atom stereocenters. The Labute approximate surface area is 78.2 Å².